The Balaban J connectivity index is 1.46. The summed E-state index contributed by atoms with van der Waals surface area (Å²) >= 11 is 0. The maximum Gasteiger partial charge on any atom is 0.252 e. The summed E-state index contributed by atoms with van der Waals surface area (Å²) in [5, 5.41) is 2.92. The quantitative estimate of drug-likeness (QED) is 0.619. The molecule has 0 fully saturated rings. The van der Waals surface area contributed by atoms with Crippen LogP contribution in [0.25, 0.3) is 0 Å². The summed E-state index contributed by atoms with van der Waals surface area (Å²) < 4.78 is 0. The maximum atomic E-state index is 12.2. The highest BCUT2D eigenvalue weighted by Crippen LogP contribution is 2.12. The van der Waals surface area contributed by atoms with E-state index in [0.29, 0.717) is 18.7 Å². The fourth-order valence-electron chi connectivity index (χ4n) is 2.60. The van der Waals surface area contributed by atoms with Gasteiger partial charge in [0.05, 0.1) is 17.8 Å². The molecular formula is C20H22N6O. The number of aromatic nitrogens is 4. The van der Waals surface area contributed by atoms with E-state index in [1.165, 1.54) is 6.33 Å². The second-order valence-electron chi connectivity index (χ2n) is 6.14. The van der Waals surface area contributed by atoms with E-state index in [1.54, 1.807) is 24.7 Å². The minimum atomic E-state index is -0.117. The number of hydrogen-bond donors (Lipinski definition) is 1. The number of anilines is 1. The van der Waals surface area contributed by atoms with Gasteiger partial charge in [0, 0.05) is 37.9 Å². The molecule has 1 amide bonds. The molecule has 0 spiro atoms. The molecule has 0 atom stereocenters. The monoisotopic (exact) mass is 362 g/mol. The average Bonchev–Trinajstić information content (AvgIpc) is 2.72. The van der Waals surface area contributed by atoms with Crippen LogP contribution < -0.4 is 10.2 Å². The van der Waals surface area contributed by atoms with Crippen molar-refractivity contribution in [1.82, 2.24) is 25.3 Å². The van der Waals surface area contributed by atoms with E-state index in [9.17, 15) is 4.79 Å². The van der Waals surface area contributed by atoms with Crippen molar-refractivity contribution in [2.24, 2.45) is 0 Å². The molecule has 0 radical (unpaired) electrons. The molecular weight excluding hydrogens is 340 g/mol. The van der Waals surface area contributed by atoms with Gasteiger partial charge in [-0.3, -0.25) is 9.78 Å². The Morgan fingerprint density at radius 1 is 1.04 bits per heavy atom. The van der Waals surface area contributed by atoms with Crippen molar-refractivity contribution in [3.63, 3.8) is 0 Å². The summed E-state index contributed by atoms with van der Waals surface area (Å²) in [5.41, 5.74) is 2.49. The van der Waals surface area contributed by atoms with E-state index in [0.717, 1.165) is 30.0 Å². The van der Waals surface area contributed by atoms with Gasteiger partial charge in [-0.25, -0.2) is 15.0 Å². The van der Waals surface area contributed by atoms with Crippen molar-refractivity contribution >= 4 is 11.7 Å². The van der Waals surface area contributed by atoms with E-state index in [4.69, 9.17) is 0 Å². The number of nitrogens with one attached hydrogen (secondary N) is 1. The second-order valence-corrected chi connectivity index (χ2v) is 6.14. The molecule has 0 aromatic carbocycles. The summed E-state index contributed by atoms with van der Waals surface area (Å²) in [4.78, 5) is 31.0. The summed E-state index contributed by atoms with van der Waals surface area (Å²) in [6.07, 6.45) is 8.30. The Bertz CT molecular complexity index is 839. The van der Waals surface area contributed by atoms with E-state index < -0.39 is 0 Å². The van der Waals surface area contributed by atoms with Gasteiger partial charge in [0.2, 0.25) is 0 Å². The van der Waals surface area contributed by atoms with Gasteiger partial charge >= 0.3 is 0 Å². The fourth-order valence-corrected chi connectivity index (χ4v) is 2.60. The highest BCUT2D eigenvalue weighted by Gasteiger charge is 2.08. The van der Waals surface area contributed by atoms with Gasteiger partial charge in [-0.2, -0.15) is 0 Å². The summed E-state index contributed by atoms with van der Waals surface area (Å²) in [5.74, 6) is 0.661. The minimum absolute atomic E-state index is 0.117. The Kier molecular flexibility index (Phi) is 6.40. The molecule has 138 valence electrons. The summed E-state index contributed by atoms with van der Waals surface area (Å²) in [6.45, 7) is 1.22. The SMILES string of the molecule is CN(Cc1ccncn1)c1ccc(C(=O)NCCCc2ccccn2)cn1. The smallest absolute Gasteiger partial charge is 0.252 e. The van der Waals surface area contributed by atoms with Crippen LogP contribution in [0.4, 0.5) is 5.82 Å². The third-order valence-electron chi connectivity index (χ3n) is 4.06. The Labute approximate surface area is 158 Å². The van der Waals surface area contributed by atoms with Crippen molar-refractivity contribution in [3.05, 3.63) is 78.3 Å². The molecule has 0 bridgehead atoms. The predicted octanol–water partition coefficient (Wildman–Crippen LogP) is 2.27. The van der Waals surface area contributed by atoms with Crippen molar-refractivity contribution in [2.45, 2.75) is 19.4 Å². The van der Waals surface area contributed by atoms with Gasteiger partial charge in [-0.15, -0.1) is 0 Å². The van der Waals surface area contributed by atoms with Crippen LogP contribution in [0, 0.1) is 0 Å². The standard InChI is InChI=1S/C20H22N6O/c1-26(14-18-9-12-21-15-25-18)19-8-7-16(13-24-19)20(27)23-11-4-6-17-5-2-3-10-22-17/h2-3,5,7-10,12-13,15H,4,6,11,14H2,1H3,(H,23,27). The molecule has 3 rings (SSSR count). The third kappa shape index (κ3) is 5.57. The molecule has 3 aromatic rings. The molecule has 0 aliphatic rings. The summed E-state index contributed by atoms with van der Waals surface area (Å²) in [7, 11) is 1.93. The van der Waals surface area contributed by atoms with Crippen LogP contribution in [0.1, 0.15) is 28.2 Å². The molecule has 3 heterocycles. The third-order valence-corrected chi connectivity index (χ3v) is 4.06. The van der Waals surface area contributed by atoms with Crippen LogP contribution >= 0.6 is 0 Å². The van der Waals surface area contributed by atoms with Gasteiger partial charge in [-0.1, -0.05) is 6.07 Å². The number of aryl methyl sites for hydroxylation is 1. The minimum Gasteiger partial charge on any atom is -0.354 e. The molecule has 0 aliphatic heterocycles. The number of rotatable bonds is 8. The first-order chi connectivity index (χ1) is 13.2. The highest BCUT2D eigenvalue weighted by atomic mass is 16.1. The number of carbonyl (C=O) groups is 1. The topological polar surface area (TPSA) is 83.9 Å². The second kappa shape index (κ2) is 9.38. The molecule has 27 heavy (non-hydrogen) atoms. The molecule has 0 aliphatic carbocycles. The number of hydrogen-bond acceptors (Lipinski definition) is 6. The van der Waals surface area contributed by atoms with Crippen molar-refractivity contribution in [1.29, 1.82) is 0 Å². The largest absolute Gasteiger partial charge is 0.354 e. The predicted molar refractivity (Wildman–Crippen MR) is 103 cm³/mol. The highest BCUT2D eigenvalue weighted by molar-refractivity contribution is 5.94. The van der Waals surface area contributed by atoms with Gasteiger partial charge < -0.3 is 10.2 Å². The van der Waals surface area contributed by atoms with Crippen LogP contribution in [0.5, 0.6) is 0 Å². The van der Waals surface area contributed by atoms with Crippen LogP contribution in [0.3, 0.4) is 0 Å². The Morgan fingerprint density at radius 3 is 2.67 bits per heavy atom. The number of nitrogens with zero attached hydrogens (tertiary/aromatic N) is 5. The molecule has 0 saturated heterocycles. The zero-order valence-electron chi connectivity index (χ0n) is 15.2. The summed E-state index contributed by atoms with van der Waals surface area (Å²) in [6, 6.07) is 11.3. The van der Waals surface area contributed by atoms with Gasteiger partial charge in [-0.05, 0) is 43.2 Å². The van der Waals surface area contributed by atoms with Gasteiger partial charge in [0.1, 0.15) is 12.1 Å². The lowest BCUT2D eigenvalue weighted by atomic mass is 10.2. The molecule has 0 saturated carbocycles. The van der Waals surface area contributed by atoms with Crippen molar-refractivity contribution < 1.29 is 4.79 Å². The van der Waals surface area contributed by atoms with Gasteiger partial charge in [0.15, 0.2) is 0 Å². The maximum absolute atomic E-state index is 12.2. The van der Waals surface area contributed by atoms with Crippen LogP contribution in [-0.4, -0.2) is 39.4 Å². The van der Waals surface area contributed by atoms with Crippen molar-refractivity contribution in [2.75, 3.05) is 18.5 Å². The molecule has 3 aromatic heterocycles. The zero-order valence-corrected chi connectivity index (χ0v) is 15.2. The first-order valence-electron chi connectivity index (χ1n) is 8.82. The molecule has 1 N–H and O–H groups in total. The van der Waals surface area contributed by atoms with E-state index in [-0.39, 0.29) is 5.91 Å². The molecule has 7 nitrogen and oxygen atoms in total. The molecule has 7 heteroatoms. The zero-order chi connectivity index (χ0) is 18.9. The van der Waals surface area contributed by atoms with E-state index >= 15 is 0 Å². The first-order valence-corrected chi connectivity index (χ1v) is 8.82. The van der Waals surface area contributed by atoms with Crippen LogP contribution in [-0.2, 0) is 13.0 Å². The van der Waals surface area contributed by atoms with Crippen LogP contribution in [0.15, 0.2) is 61.3 Å². The Hall–Kier alpha value is -3.35. The van der Waals surface area contributed by atoms with Crippen molar-refractivity contribution in [3.8, 4) is 0 Å². The van der Waals surface area contributed by atoms with E-state index in [2.05, 4.69) is 25.3 Å². The Morgan fingerprint density at radius 2 is 1.96 bits per heavy atom. The number of pyridine rings is 2. The normalized spacial score (nSPS) is 10.4. The molecule has 0 unspecified atom stereocenters. The number of amides is 1. The first kappa shape index (κ1) is 18.4. The average molecular weight is 362 g/mol. The van der Waals surface area contributed by atoms with E-state index in [1.807, 2.05) is 42.3 Å². The lowest BCUT2D eigenvalue weighted by Gasteiger charge is -2.17. The lowest BCUT2D eigenvalue weighted by molar-refractivity contribution is 0.0953. The van der Waals surface area contributed by atoms with Crippen LogP contribution in [0.2, 0.25) is 0 Å². The number of carbonyl (C=O) groups excluding carboxylic acids is 1. The fraction of sp³-hybridized carbons (Fsp3) is 0.250. The lowest BCUT2D eigenvalue weighted by Crippen LogP contribution is -2.25. The van der Waals surface area contributed by atoms with Gasteiger partial charge in [0.25, 0.3) is 5.91 Å².